The van der Waals surface area contributed by atoms with Gasteiger partial charge in [0.05, 0.1) is 0 Å². The predicted octanol–water partition coefficient (Wildman–Crippen LogP) is 1.22. The third kappa shape index (κ3) is 4.35. The van der Waals surface area contributed by atoms with Crippen LogP contribution in [0.4, 0.5) is 4.79 Å². The number of carbonyl (C=O) groups is 1. The van der Waals surface area contributed by atoms with Crippen molar-refractivity contribution in [2.75, 3.05) is 18.6 Å². The number of urea groups is 1. The summed E-state index contributed by atoms with van der Waals surface area (Å²) < 4.78 is 10.9. The minimum Gasteiger partial charge on any atom is -0.338 e. The van der Waals surface area contributed by atoms with Gasteiger partial charge in [-0.3, -0.25) is 4.21 Å². The number of fused-ring (bicyclic) bond motifs is 1. The van der Waals surface area contributed by atoms with Gasteiger partial charge in [0.2, 0.25) is 0 Å². The Balaban J connectivity index is 1.69. The summed E-state index contributed by atoms with van der Waals surface area (Å²) in [5.74, 6) is 0.634. The van der Waals surface area contributed by atoms with Crippen LogP contribution >= 0.6 is 0 Å². The van der Waals surface area contributed by atoms with E-state index in [-0.39, 0.29) is 12.1 Å². The van der Waals surface area contributed by atoms with Gasteiger partial charge in [-0.15, -0.1) is 0 Å². The van der Waals surface area contributed by atoms with Crippen LogP contribution < -0.4 is 10.6 Å². The molecule has 1 unspecified atom stereocenters. The zero-order valence-electron chi connectivity index (χ0n) is 11.1. The molecule has 1 aliphatic carbocycles. The monoisotopic (exact) mass is 280 g/mol. The van der Waals surface area contributed by atoms with E-state index in [2.05, 4.69) is 22.8 Å². The fraction of sp³-hybridized carbons (Fsp3) is 0.500. The lowest BCUT2D eigenvalue weighted by Gasteiger charge is -2.12. The second kappa shape index (κ2) is 6.70. The Kier molecular flexibility index (Phi) is 4.96. The van der Waals surface area contributed by atoms with E-state index >= 15 is 0 Å². The average Bonchev–Trinajstić information content (AvgIpc) is 2.76. The van der Waals surface area contributed by atoms with Crippen molar-refractivity contribution >= 4 is 16.8 Å². The van der Waals surface area contributed by atoms with Gasteiger partial charge in [0.1, 0.15) is 0 Å². The second-order valence-corrected chi connectivity index (χ2v) is 6.46. The molecule has 1 aromatic carbocycles. The first kappa shape index (κ1) is 14.1. The zero-order valence-corrected chi connectivity index (χ0v) is 12.0. The maximum absolute atomic E-state index is 11.7. The first-order valence-corrected chi connectivity index (χ1v) is 8.29. The van der Waals surface area contributed by atoms with Crippen molar-refractivity contribution in [1.82, 2.24) is 10.6 Å². The molecule has 0 aromatic heterocycles. The molecule has 5 heteroatoms. The molecule has 2 amide bonds. The van der Waals surface area contributed by atoms with Crippen molar-refractivity contribution < 1.29 is 9.00 Å². The van der Waals surface area contributed by atoms with Crippen molar-refractivity contribution in [3.8, 4) is 0 Å². The Morgan fingerprint density at radius 3 is 2.53 bits per heavy atom. The molecule has 0 aliphatic heterocycles. The number of benzene rings is 1. The van der Waals surface area contributed by atoms with Crippen LogP contribution in [0.5, 0.6) is 0 Å². The highest BCUT2D eigenvalue weighted by Crippen LogP contribution is 2.21. The summed E-state index contributed by atoms with van der Waals surface area (Å²) in [4.78, 5) is 11.7. The van der Waals surface area contributed by atoms with Crippen molar-refractivity contribution in [3.05, 3.63) is 35.4 Å². The topological polar surface area (TPSA) is 58.2 Å². The van der Waals surface area contributed by atoms with Crippen molar-refractivity contribution in [2.24, 2.45) is 0 Å². The van der Waals surface area contributed by atoms with Gasteiger partial charge in [-0.2, -0.15) is 0 Å². The van der Waals surface area contributed by atoms with Gasteiger partial charge in [-0.05, 0) is 30.4 Å². The van der Waals surface area contributed by atoms with Gasteiger partial charge in [-0.25, -0.2) is 4.79 Å². The minimum absolute atomic E-state index is 0.125. The molecule has 104 valence electrons. The molecular weight excluding hydrogens is 260 g/mol. The lowest BCUT2D eigenvalue weighted by molar-refractivity contribution is 0.237. The third-order valence-electron chi connectivity index (χ3n) is 3.28. The van der Waals surface area contributed by atoms with E-state index in [9.17, 15) is 9.00 Å². The summed E-state index contributed by atoms with van der Waals surface area (Å²) in [6.45, 7) is 0.574. The van der Waals surface area contributed by atoms with Crippen molar-refractivity contribution in [2.45, 2.75) is 25.3 Å². The molecule has 0 saturated carbocycles. The van der Waals surface area contributed by atoms with Gasteiger partial charge < -0.3 is 10.6 Å². The molecule has 2 rings (SSSR count). The molecule has 0 fully saturated rings. The van der Waals surface area contributed by atoms with Gasteiger partial charge in [0, 0.05) is 35.4 Å². The summed E-state index contributed by atoms with van der Waals surface area (Å²) in [6.07, 6.45) is 4.24. The lowest BCUT2D eigenvalue weighted by atomic mass is 10.1. The standard InChI is InChI=1S/C14H20N2O2S/c1-19(18)8-4-7-15-14(17)16-13-9-11-5-2-3-6-12(11)10-13/h2-3,5-6,13H,4,7-10H2,1H3,(H2,15,16,17). The van der Waals surface area contributed by atoms with Crippen LogP contribution in [0.1, 0.15) is 17.5 Å². The number of rotatable bonds is 5. The smallest absolute Gasteiger partial charge is 0.315 e. The van der Waals surface area contributed by atoms with Gasteiger partial charge >= 0.3 is 6.03 Å². The number of nitrogens with one attached hydrogen (secondary N) is 2. The summed E-state index contributed by atoms with van der Waals surface area (Å²) >= 11 is 0. The Morgan fingerprint density at radius 2 is 1.95 bits per heavy atom. The van der Waals surface area contributed by atoms with Crippen molar-refractivity contribution in [3.63, 3.8) is 0 Å². The van der Waals surface area contributed by atoms with Crippen LogP contribution in [0, 0.1) is 0 Å². The Hall–Kier alpha value is -1.36. The van der Waals surface area contributed by atoms with Crippen LogP contribution in [0.15, 0.2) is 24.3 Å². The molecule has 2 N–H and O–H groups in total. The molecule has 1 aliphatic rings. The first-order valence-electron chi connectivity index (χ1n) is 6.56. The third-order valence-corrected chi connectivity index (χ3v) is 4.14. The number of carbonyl (C=O) groups excluding carboxylic acids is 1. The van der Waals surface area contributed by atoms with E-state index in [4.69, 9.17) is 0 Å². The molecule has 19 heavy (non-hydrogen) atoms. The number of hydrogen-bond donors (Lipinski definition) is 2. The van der Waals surface area contributed by atoms with Crippen LogP contribution in [0.2, 0.25) is 0 Å². The van der Waals surface area contributed by atoms with E-state index in [1.165, 1.54) is 11.1 Å². The Bertz CT molecular complexity index is 451. The fourth-order valence-electron chi connectivity index (χ4n) is 2.37. The quantitative estimate of drug-likeness (QED) is 0.797. The molecular formula is C14H20N2O2S. The van der Waals surface area contributed by atoms with Gasteiger partial charge in [0.15, 0.2) is 0 Å². The first-order chi connectivity index (χ1) is 9.15. The van der Waals surface area contributed by atoms with E-state index in [1.807, 2.05) is 12.1 Å². The van der Waals surface area contributed by atoms with Crippen LogP contribution in [-0.4, -0.2) is 34.8 Å². The molecule has 4 nitrogen and oxygen atoms in total. The summed E-state index contributed by atoms with van der Waals surface area (Å²) in [7, 11) is -0.783. The van der Waals surface area contributed by atoms with Crippen LogP contribution in [0.25, 0.3) is 0 Å². The molecule has 1 aromatic rings. The fourth-order valence-corrected chi connectivity index (χ4v) is 2.93. The maximum Gasteiger partial charge on any atom is 0.315 e. The summed E-state index contributed by atoms with van der Waals surface area (Å²) in [5.41, 5.74) is 2.66. The summed E-state index contributed by atoms with van der Waals surface area (Å²) in [6, 6.07) is 8.37. The maximum atomic E-state index is 11.7. The highest BCUT2D eigenvalue weighted by atomic mass is 32.2. The van der Waals surface area contributed by atoms with Crippen molar-refractivity contribution in [1.29, 1.82) is 0 Å². The van der Waals surface area contributed by atoms with Gasteiger partial charge in [0.25, 0.3) is 0 Å². The molecule has 0 bridgehead atoms. The molecule has 1 atom stereocenters. The summed E-state index contributed by atoms with van der Waals surface area (Å²) in [5, 5.41) is 5.80. The van der Waals surface area contributed by atoms with Crippen LogP contribution in [-0.2, 0) is 23.6 Å². The minimum atomic E-state index is -0.783. The zero-order chi connectivity index (χ0) is 13.7. The van der Waals surface area contributed by atoms with E-state index in [0.717, 1.165) is 19.3 Å². The van der Waals surface area contributed by atoms with E-state index in [0.29, 0.717) is 12.3 Å². The SMILES string of the molecule is CS(=O)CCCNC(=O)NC1Cc2ccccc2C1. The van der Waals surface area contributed by atoms with Crippen LogP contribution in [0.3, 0.4) is 0 Å². The molecule has 0 saturated heterocycles. The molecule has 0 heterocycles. The highest BCUT2D eigenvalue weighted by molar-refractivity contribution is 7.84. The molecule has 0 spiro atoms. The molecule has 0 radical (unpaired) electrons. The van der Waals surface area contributed by atoms with E-state index < -0.39 is 10.8 Å². The normalized spacial score (nSPS) is 15.8. The largest absolute Gasteiger partial charge is 0.338 e. The van der Waals surface area contributed by atoms with E-state index in [1.54, 1.807) is 6.26 Å². The predicted molar refractivity (Wildman–Crippen MR) is 77.7 cm³/mol. The average molecular weight is 280 g/mol. The van der Waals surface area contributed by atoms with Gasteiger partial charge in [-0.1, -0.05) is 24.3 Å². The number of amides is 2. The second-order valence-electron chi connectivity index (χ2n) is 4.90. The Morgan fingerprint density at radius 1 is 1.32 bits per heavy atom. The lowest BCUT2D eigenvalue weighted by Crippen LogP contribution is -2.43. The highest BCUT2D eigenvalue weighted by Gasteiger charge is 2.21. The Labute approximate surface area is 116 Å². The number of hydrogen-bond acceptors (Lipinski definition) is 2.